The van der Waals surface area contributed by atoms with E-state index in [4.69, 9.17) is 14.6 Å². The van der Waals surface area contributed by atoms with Crippen LogP contribution in [0, 0.1) is 5.92 Å². The van der Waals surface area contributed by atoms with Gasteiger partial charge in [-0.3, -0.25) is 0 Å². The van der Waals surface area contributed by atoms with Crippen LogP contribution in [0.3, 0.4) is 0 Å². The fourth-order valence-electron chi connectivity index (χ4n) is 1.70. The summed E-state index contributed by atoms with van der Waals surface area (Å²) >= 11 is 0. The zero-order valence-corrected chi connectivity index (χ0v) is 13.3. The monoisotopic (exact) mass is 304 g/mol. The van der Waals surface area contributed by atoms with E-state index in [1.54, 1.807) is 7.11 Å². The number of hydrogen-bond acceptors (Lipinski definition) is 4. The maximum Gasteiger partial charge on any atom is 0.326 e. The van der Waals surface area contributed by atoms with Crippen LogP contribution in [0.4, 0.5) is 4.79 Å². The molecule has 0 aromatic rings. The number of carboxylic acids is 1. The highest BCUT2D eigenvalue weighted by Gasteiger charge is 2.22. The Morgan fingerprint density at radius 1 is 1.24 bits per heavy atom. The quantitative estimate of drug-likeness (QED) is 0.499. The molecule has 0 saturated heterocycles. The summed E-state index contributed by atoms with van der Waals surface area (Å²) in [6.07, 6.45) is 0.898. The van der Waals surface area contributed by atoms with Crippen molar-refractivity contribution in [3.05, 3.63) is 0 Å². The summed E-state index contributed by atoms with van der Waals surface area (Å²) in [7, 11) is 1.55. The van der Waals surface area contributed by atoms with Crippen LogP contribution < -0.4 is 10.6 Å². The van der Waals surface area contributed by atoms with Gasteiger partial charge in [-0.2, -0.15) is 0 Å². The Balaban J connectivity index is 4.35. The second kappa shape index (κ2) is 11.3. The van der Waals surface area contributed by atoms with Gasteiger partial charge in [-0.25, -0.2) is 9.59 Å². The molecule has 0 saturated carbocycles. The average Bonchev–Trinajstić information content (AvgIpc) is 2.42. The number of aliphatic carboxylic acids is 1. The van der Waals surface area contributed by atoms with E-state index >= 15 is 0 Å². The molecule has 0 fully saturated rings. The minimum absolute atomic E-state index is 0.154. The minimum Gasteiger partial charge on any atom is -0.480 e. The van der Waals surface area contributed by atoms with Gasteiger partial charge in [-0.15, -0.1) is 0 Å². The second-order valence-electron chi connectivity index (χ2n) is 5.15. The Labute approximate surface area is 126 Å². The Kier molecular flexibility index (Phi) is 10.6. The van der Waals surface area contributed by atoms with Crippen molar-refractivity contribution < 1.29 is 24.2 Å². The molecule has 0 aliphatic rings. The molecule has 2 atom stereocenters. The lowest BCUT2D eigenvalue weighted by Gasteiger charge is -2.23. The SMILES string of the molecule is CCOCC(NC(=O)NC(CCCOC)C(=O)O)C(C)C. The fourth-order valence-corrected chi connectivity index (χ4v) is 1.70. The molecule has 0 aliphatic heterocycles. The number of urea groups is 1. The van der Waals surface area contributed by atoms with Gasteiger partial charge in [0.25, 0.3) is 0 Å². The van der Waals surface area contributed by atoms with Crippen molar-refractivity contribution in [1.29, 1.82) is 0 Å². The van der Waals surface area contributed by atoms with Gasteiger partial charge in [0.1, 0.15) is 6.04 Å². The molecule has 21 heavy (non-hydrogen) atoms. The number of hydrogen-bond donors (Lipinski definition) is 3. The first-order valence-corrected chi connectivity index (χ1v) is 7.28. The molecule has 7 nitrogen and oxygen atoms in total. The highest BCUT2D eigenvalue weighted by atomic mass is 16.5. The molecule has 0 bridgehead atoms. The third-order valence-corrected chi connectivity index (χ3v) is 3.07. The largest absolute Gasteiger partial charge is 0.480 e. The topological polar surface area (TPSA) is 96.9 Å². The number of carbonyl (C=O) groups excluding carboxylic acids is 1. The van der Waals surface area contributed by atoms with Crippen LogP contribution >= 0.6 is 0 Å². The second-order valence-corrected chi connectivity index (χ2v) is 5.15. The summed E-state index contributed by atoms with van der Waals surface area (Å²) < 4.78 is 10.2. The number of carbonyl (C=O) groups is 2. The Morgan fingerprint density at radius 3 is 2.38 bits per heavy atom. The lowest BCUT2D eigenvalue weighted by molar-refractivity contribution is -0.139. The van der Waals surface area contributed by atoms with Crippen LogP contribution in [0.5, 0.6) is 0 Å². The smallest absolute Gasteiger partial charge is 0.326 e. The van der Waals surface area contributed by atoms with Crippen LogP contribution in [0.15, 0.2) is 0 Å². The molecule has 7 heteroatoms. The summed E-state index contributed by atoms with van der Waals surface area (Å²) in [5, 5.41) is 14.3. The summed E-state index contributed by atoms with van der Waals surface area (Å²) in [4.78, 5) is 23.0. The van der Waals surface area contributed by atoms with E-state index in [1.807, 2.05) is 20.8 Å². The first-order chi connectivity index (χ1) is 9.92. The summed E-state index contributed by atoms with van der Waals surface area (Å²) in [6.45, 7) is 7.26. The highest BCUT2D eigenvalue weighted by Crippen LogP contribution is 2.03. The Morgan fingerprint density at radius 2 is 1.90 bits per heavy atom. The van der Waals surface area contributed by atoms with Crippen LogP contribution in [-0.4, -0.2) is 56.1 Å². The maximum atomic E-state index is 11.9. The van der Waals surface area contributed by atoms with Gasteiger partial charge >= 0.3 is 12.0 Å². The molecule has 0 radical (unpaired) electrons. The van der Waals surface area contributed by atoms with Crippen molar-refractivity contribution in [1.82, 2.24) is 10.6 Å². The predicted molar refractivity (Wildman–Crippen MR) is 79.3 cm³/mol. The summed E-state index contributed by atoms with van der Waals surface area (Å²) in [6, 6.07) is -1.56. The highest BCUT2D eigenvalue weighted by molar-refractivity contribution is 5.82. The number of ether oxygens (including phenoxy) is 2. The van der Waals surface area contributed by atoms with Crippen LogP contribution in [0.2, 0.25) is 0 Å². The van der Waals surface area contributed by atoms with Crippen molar-refractivity contribution >= 4 is 12.0 Å². The fraction of sp³-hybridized carbons (Fsp3) is 0.857. The molecule has 0 aliphatic carbocycles. The molecular formula is C14H28N2O5. The first-order valence-electron chi connectivity index (χ1n) is 7.28. The minimum atomic E-state index is -1.05. The van der Waals surface area contributed by atoms with Crippen molar-refractivity contribution in [2.75, 3.05) is 26.9 Å². The number of carboxylic acid groups (broad SMARTS) is 1. The Bertz CT molecular complexity index is 310. The van der Waals surface area contributed by atoms with E-state index in [0.717, 1.165) is 0 Å². The van der Waals surface area contributed by atoms with Gasteiger partial charge in [0.05, 0.1) is 12.6 Å². The molecule has 3 N–H and O–H groups in total. The standard InChI is InChI=1S/C14H28N2O5/c1-5-21-9-12(10(2)3)16-14(19)15-11(13(17)18)7-6-8-20-4/h10-12H,5-9H2,1-4H3,(H,17,18)(H2,15,16,19). The van der Waals surface area contributed by atoms with E-state index < -0.39 is 18.0 Å². The molecule has 2 unspecified atom stereocenters. The normalized spacial score (nSPS) is 13.8. The molecule has 0 heterocycles. The van der Waals surface area contributed by atoms with Crippen molar-refractivity contribution in [3.63, 3.8) is 0 Å². The van der Waals surface area contributed by atoms with Gasteiger partial charge in [-0.05, 0) is 25.7 Å². The molecule has 124 valence electrons. The zero-order chi connectivity index (χ0) is 16.3. The lowest BCUT2D eigenvalue weighted by Crippen LogP contribution is -2.51. The maximum absolute atomic E-state index is 11.9. The van der Waals surface area contributed by atoms with Crippen LogP contribution in [0.1, 0.15) is 33.6 Å². The molecule has 0 aromatic heterocycles. The predicted octanol–water partition coefficient (Wildman–Crippen LogP) is 1.23. The van der Waals surface area contributed by atoms with E-state index in [2.05, 4.69) is 10.6 Å². The third-order valence-electron chi connectivity index (χ3n) is 3.07. The van der Waals surface area contributed by atoms with E-state index in [-0.39, 0.29) is 12.0 Å². The zero-order valence-electron chi connectivity index (χ0n) is 13.3. The van der Waals surface area contributed by atoms with Gasteiger partial charge in [0, 0.05) is 20.3 Å². The number of amides is 2. The van der Waals surface area contributed by atoms with Crippen molar-refractivity contribution in [3.8, 4) is 0 Å². The Hall–Kier alpha value is -1.34. The lowest BCUT2D eigenvalue weighted by atomic mass is 10.1. The average molecular weight is 304 g/mol. The van der Waals surface area contributed by atoms with Gasteiger partial charge in [0.2, 0.25) is 0 Å². The summed E-state index contributed by atoms with van der Waals surface area (Å²) in [5.41, 5.74) is 0. The van der Waals surface area contributed by atoms with E-state index in [1.165, 1.54) is 0 Å². The molecule has 0 aromatic carbocycles. The molecule has 0 rings (SSSR count). The van der Waals surface area contributed by atoms with Crippen molar-refractivity contribution in [2.45, 2.75) is 45.7 Å². The van der Waals surface area contributed by atoms with Crippen LogP contribution in [-0.2, 0) is 14.3 Å². The van der Waals surface area contributed by atoms with E-state index in [9.17, 15) is 9.59 Å². The van der Waals surface area contributed by atoms with E-state index in [0.29, 0.717) is 32.7 Å². The number of nitrogens with one attached hydrogen (secondary N) is 2. The third kappa shape index (κ3) is 9.25. The van der Waals surface area contributed by atoms with Crippen LogP contribution in [0.25, 0.3) is 0 Å². The number of rotatable bonds is 11. The molecule has 0 spiro atoms. The molecule has 2 amide bonds. The van der Waals surface area contributed by atoms with Gasteiger partial charge in [0.15, 0.2) is 0 Å². The van der Waals surface area contributed by atoms with Gasteiger partial charge in [-0.1, -0.05) is 13.8 Å². The number of methoxy groups -OCH3 is 1. The first kappa shape index (κ1) is 19.7. The molecular weight excluding hydrogens is 276 g/mol. The summed E-state index contributed by atoms with van der Waals surface area (Å²) in [5.74, 6) is -0.855. The van der Waals surface area contributed by atoms with Gasteiger partial charge < -0.3 is 25.2 Å². The van der Waals surface area contributed by atoms with Crippen molar-refractivity contribution in [2.24, 2.45) is 5.92 Å².